The second-order valence-corrected chi connectivity index (χ2v) is 20.8. The molecular formula is C48H70N16O24S2. The zero-order valence-corrected chi connectivity index (χ0v) is 51.3. The molecule has 40 nitrogen and oxygen atoms in total. The summed E-state index contributed by atoms with van der Waals surface area (Å²) in [6.07, 6.45) is -2.00. The molecule has 0 radical (unpaired) electrons. The summed E-state index contributed by atoms with van der Waals surface area (Å²) in [5.74, 6) is -15.5. The summed E-state index contributed by atoms with van der Waals surface area (Å²) in [6.45, 7) is -1.72. The highest BCUT2D eigenvalue weighted by molar-refractivity contribution is 8.76. The summed E-state index contributed by atoms with van der Waals surface area (Å²) in [7, 11) is 10.3. The van der Waals surface area contributed by atoms with Crippen molar-refractivity contribution in [3.8, 4) is 0 Å². The highest BCUT2D eigenvalue weighted by Gasteiger charge is 2.35. The van der Waals surface area contributed by atoms with Gasteiger partial charge in [0, 0.05) is 11.5 Å². The fourth-order valence-electron chi connectivity index (χ4n) is 6.96. The van der Waals surface area contributed by atoms with Crippen molar-refractivity contribution in [2.24, 2.45) is 11.5 Å². The van der Waals surface area contributed by atoms with Crippen LogP contribution >= 0.6 is 21.6 Å². The van der Waals surface area contributed by atoms with Crippen LogP contribution in [-0.2, 0) is 141 Å². The monoisotopic (exact) mass is 1320 g/mol. The first-order chi connectivity index (χ1) is 42.6. The molecule has 0 aliphatic heterocycles. The third kappa shape index (κ3) is 28.1. The lowest BCUT2D eigenvalue weighted by molar-refractivity contribution is -0.151. The molecule has 42 heteroatoms. The van der Waals surface area contributed by atoms with Crippen LogP contribution in [-0.4, -0.2) is 242 Å². The molecule has 2 heterocycles. The van der Waals surface area contributed by atoms with Crippen LogP contribution in [0.4, 0.5) is 0 Å². The Bertz CT molecular complexity index is 2700. The van der Waals surface area contributed by atoms with Crippen LogP contribution in [0, 0.1) is 0 Å². The zero-order chi connectivity index (χ0) is 67.6. The standard InChI is InChI=1S/C48H70N16O24S2/c1-81-37(69)11-29(45(77)85-5)55-33(65)9-27(43(75)57-31(47(79)87-7)13-39(71)83-3)53-35(67)19-63-17-23(59-61-63)15-51-41(73)25(49)21-89-90-22-26(50)42(74)52-16-24-18-64(62-60-24)20-36(68)54-28(44(76)58-32(48(80)88-8)14-40(72)84-4)10-34(66)56-30(46(78)86-6)12-38(70)82-2/h17-18,25-32H,9-16,19-22,49-50H2,1-8H3,(H,51,73)(H,52,74)(H,53,67)(H,54,68)(H,55,65)(H,56,66)(H,57,75)(H,58,76)/t25-,26-,27+,28+,29+,30+,31+,32+/m1/s1. The minimum absolute atomic E-state index is 0.0355. The molecule has 2 aromatic heterocycles. The van der Waals surface area contributed by atoms with Gasteiger partial charge in [-0.1, -0.05) is 32.0 Å². The van der Waals surface area contributed by atoms with Gasteiger partial charge < -0.3 is 91.9 Å². The topological polar surface area (TPSA) is 557 Å². The number of esters is 8. The van der Waals surface area contributed by atoms with E-state index in [2.05, 4.69) is 101 Å². The number of rotatable bonds is 39. The SMILES string of the molecule is COC(=O)C[C@H](NC(=O)C[C@H](NC(=O)Cn1cc(CNC(=O)[C@H](N)CSSC[C@@H](N)C(=O)NCc2cn(CC(=O)N[C@@H](CC(=O)N[C@@H](CC(=O)OC)C(=O)OC)C(=O)N[C@@H](CC(=O)OC)C(=O)OC)nn2)nn1)C(=O)N[C@@H](CC(=O)OC)C(=O)OC)C(=O)OC. The first-order valence-corrected chi connectivity index (χ1v) is 28.6. The van der Waals surface area contributed by atoms with E-state index in [4.69, 9.17) is 11.5 Å². The molecule has 0 fully saturated rings. The number of aromatic nitrogens is 6. The summed E-state index contributed by atoms with van der Waals surface area (Å²) in [5.41, 5.74) is 12.4. The second-order valence-electron chi connectivity index (χ2n) is 18.3. The number of hydrogen-bond acceptors (Lipinski definition) is 32. The van der Waals surface area contributed by atoms with Crippen molar-refractivity contribution in [2.45, 2.75) is 113 Å². The number of hydrogen-bond donors (Lipinski definition) is 10. The van der Waals surface area contributed by atoms with Gasteiger partial charge in [0.1, 0.15) is 60.7 Å². The zero-order valence-electron chi connectivity index (χ0n) is 49.7. The Morgan fingerprint density at radius 2 is 0.667 bits per heavy atom. The fraction of sp³-hybridized carbons (Fsp3) is 0.583. The van der Waals surface area contributed by atoms with Crippen molar-refractivity contribution in [3.05, 3.63) is 23.8 Å². The molecule has 2 rings (SSSR count). The molecule has 90 heavy (non-hydrogen) atoms. The Labute approximate surface area is 518 Å². The van der Waals surface area contributed by atoms with Crippen LogP contribution in [0.1, 0.15) is 49.9 Å². The Balaban J connectivity index is 1.98. The maximum absolute atomic E-state index is 13.5. The van der Waals surface area contributed by atoms with E-state index in [0.717, 1.165) is 87.8 Å². The number of nitrogens with two attached hydrogens (primary N) is 2. The molecule has 8 amide bonds. The molecule has 0 bridgehead atoms. The van der Waals surface area contributed by atoms with Gasteiger partial charge in [0.15, 0.2) is 0 Å². The number of ether oxygens (including phenoxy) is 8. The Morgan fingerprint density at radius 1 is 0.389 bits per heavy atom. The second kappa shape index (κ2) is 40.1. The lowest BCUT2D eigenvalue weighted by Crippen LogP contribution is -2.55. The summed E-state index contributed by atoms with van der Waals surface area (Å²) in [6, 6.07) is -12.2. The largest absolute Gasteiger partial charge is 0.469 e. The van der Waals surface area contributed by atoms with Crippen molar-refractivity contribution in [3.63, 3.8) is 0 Å². The first-order valence-electron chi connectivity index (χ1n) is 26.1. The van der Waals surface area contributed by atoms with E-state index in [0.29, 0.717) is 0 Å². The summed E-state index contributed by atoms with van der Waals surface area (Å²) >= 11 is 0. The number of carbonyl (C=O) groups is 16. The Hall–Kier alpha value is -9.58. The fourth-order valence-corrected chi connectivity index (χ4v) is 9.21. The number of nitrogens with one attached hydrogen (secondary N) is 8. The highest BCUT2D eigenvalue weighted by Crippen LogP contribution is 2.22. The van der Waals surface area contributed by atoms with E-state index in [1.807, 2.05) is 0 Å². The summed E-state index contributed by atoms with van der Waals surface area (Å²) in [4.78, 5) is 202. The molecule has 0 aliphatic rings. The molecule has 0 unspecified atom stereocenters. The van der Waals surface area contributed by atoms with Gasteiger partial charge in [-0.05, 0) is 0 Å². The molecule has 0 aliphatic carbocycles. The minimum atomic E-state index is -1.79. The van der Waals surface area contributed by atoms with Crippen LogP contribution < -0.4 is 54.0 Å². The van der Waals surface area contributed by atoms with E-state index in [9.17, 15) is 76.7 Å². The third-order valence-electron chi connectivity index (χ3n) is 11.6. The van der Waals surface area contributed by atoms with Gasteiger partial charge in [0.25, 0.3) is 0 Å². The average Bonchev–Trinajstić information content (AvgIpc) is 2.45. The van der Waals surface area contributed by atoms with E-state index in [-0.39, 0.29) is 36.0 Å². The first kappa shape index (κ1) is 76.5. The van der Waals surface area contributed by atoms with Crippen molar-refractivity contribution in [2.75, 3.05) is 68.4 Å². The number of methoxy groups -OCH3 is 8. The quantitative estimate of drug-likeness (QED) is 0.0129. The maximum Gasteiger partial charge on any atom is 0.328 e. The van der Waals surface area contributed by atoms with Crippen LogP contribution in [0.25, 0.3) is 0 Å². The molecule has 0 saturated carbocycles. The number of carbonyl (C=O) groups excluding carboxylic acids is 16. The maximum atomic E-state index is 13.5. The van der Waals surface area contributed by atoms with Gasteiger partial charge >= 0.3 is 47.8 Å². The van der Waals surface area contributed by atoms with Crippen LogP contribution in [0.5, 0.6) is 0 Å². The number of nitrogens with zero attached hydrogens (tertiary/aromatic N) is 6. The van der Waals surface area contributed by atoms with Gasteiger partial charge in [-0.25, -0.2) is 28.5 Å². The molecule has 12 N–H and O–H groups in total. The van der Waals surface area contributed by atoms with Crippen LogP contribution in [0.15, 0.2) is 12.4 Å². The lowest BCUT2D eigenvalue weighted by atomic mass is 10.1. The van der Waals surface area contributed by atoms with Gasteiger partial charge in [0.05, 0.1) is 133 Å². The normalized spacial score (nSPS) is 13.3. The van der Waals surface area contributed by atoms with Crippen LogP contribution in [0.3, 0.4) is 0 Å². The summed E-state index contributed by atoms with van der Waals surface area (Å²) in [5, 5.41) is 33.9. The summed E-state index contributed by atoms with van der Waals surface area (Å²) < 4.78 is 38.7. The minimum Gasteiger partial charge on any atom is -0.469 e. The van der Waals surface area contributed by atoms with E-state index in [1.54, 1.807) is 0 Å². The third-order valence-corrected chi connectivity index (χ3v) is 14.1. The molecule has 0 aromatic carbocycles. The number of amides is 8. The molecular weight excluding hydrogens is 1250 g/mol. The van der Waals surface area contributed by atoms with Crippen LogP contribution in [0.2, 0.25) is 0 Å². The molecule has 498 valence electrons. The molecule has 0 saturated heterocycles. The predicted octanol–water partition coefficient (Wildman–Crippen LogP) is -8.53. The van der Waals surface area contributed by atoms with Crippen molar-refractivity contribution < 1.29 is 115 Å². The average molecular weight is 1320 g/mol. The molecule has 8 atom stereocenters. The van der Waals surface area contributed by atoms with Gasteiger partial charge in [-0.15, -0.1) is 10.2 Å². The smallest absolute Gasteiger partial charge is 0.328 e. The van der Waals surface area contributed by atoms with E-state index in [1.165, 1.54) is 12.4 Å². The van der Waals surface area contributed by atoms with Gasteiger partial charge in [0.2, 0.25) is 47.3 Å². The van der Waals surface area contributed by atoms with Crippen molar-refractivity contribution in [1.29, 1.82) is 0 Å². The highest BCUT2D eigenvalue weighted by atomic mass is 33.1. The Morgan fingerprint density at radius 3 is 0.944 bits per heavy atom. The molecule has 0 spiro atoms. The van der Waals surface area contributed by atoms with E-state index < -0.39 is 195 Å². The lowest BCUT2D eigenvalue weighted by Gasteiger charge is -2.22. The molecule has 2 aromatic rings. The Kier molecular flexibility index (Phi) is 34.1. The van der Waals surface area contributed by atoms with E-state index >= 15 is 0 Å². The predicted molar refractivity (Wildman–Crippen MR) is 300 cm³/mol. The van der Waals surface area contributed by atoms with Crippen molar-refractivity contribution in [1.82, 2.24) is 72.5 Å². The van der Waals surface area contributed by atoms with Gasteiger partial charge in [-0.2, -0.15) is 0 Å². The van der Waals surface area contributed by atoms with Gasteiger partial charge in [-0.3, -0.25) is 57.5 Å². The van der Waals surface area contributed by atoms with Crippen molar-refractivity contribution >= 4 is 117 Å².